The number of aromatic nitrogens is 8. The zero-order chi connectivity index (χ0) is 38.3. The van der Waals surface area contributed by atoms with Crippen molar-refractivity contribution in [3.63, 3.8) is 0 Å². The van der Waals surface area contributed by atoms with E-state index in [1.54, 1.807) is 20.8 Å². The van der Waals surface area contributed by atoms with Gasteiger partial charge in [0.1, 0.15) is 23.8 Å². The molecule has 4 heterocycles. The van der Waals surface area contributed by atoms with Gasteiger partial charge in [0.05, 0.1) is 26.9 Å². The molecule has 0 atom stereocenters. The van der Waals surface area contributed by atoms with Crippen molar-refractivity contribution in [1.82, 2.24) is 40.1 Å². The molecule has 19 nitrogen and oxygen atoms in total. The van der Waals surface area contributed by atoms with Gasteiger partial charge >= 0.3 is 17.5 Å². The standard InChI is InChI=1S/C18H18BrFN4O6.C12H9BrFN5O4.ClH/c1-18(2,3)28-13(25)5-4-8-27-16-14(21-30-23-16)15-22-29-17(26)24(15)10-6-7-12(20)11(19)9-10;13-7-5-6(1-2-8(7)14)19-10(17-22-12(19)20)9-11(18-23-16-9)21-4-3-15;/h6-7,9H,4-5,8H2,1-3H3;1-2,5H,3-4,15H2;1H. The van der Waals surface area contributed by atoms with Crippen molar-refractivity contribution in [2.75, 3.05) is 19.8 Å². The molecule has 0 saturated heterocycles. The highest BCUT2D eigenvalue weighted by Gasteiger charge is 2.26. The molecule has 0 aliphatic rings. The van der Waals surface area contributed by atoms with E-state index in [-0.39, 0.29) is 94.0 Å². The fourth-order valence-corrected chi connectivity index (χ4v) is 4.99. The number of halogens is 5. The fraction of sp³-hybridized carbons (Fsp3) is 0.300. The first-order chi connectivity index (χ1) is 25.3. The van der Waals surface area contributed by atoms with E-state index < -0.39 is 28.7 Å². The molecule has 0 amide bonds. The molecule has 288 valence electrons. The Labute approximate surface area is 324 Å². The van der Waals surface area contributed by atoms with E-state index >= 15 is 0 Å². The van der Waals surface area contributed by atoms with Crippen LogP contribution in [0.4, 0.5) is 8.78 Å². The van der Waals surface area contributed by atoms with E-state index in [1.807, 2.05) is 0 Å². The van der Waals surface area contributed by atoms with Gasteiger partial charge in [-0.3, -0.25) is 13.8 Å². The first-order valence-corrected chi connectivity index (χ1v) is 16.8. The number of benzene rings is 2. The van der Waals surface area contributed by atoms with Gasteiger partial charge in [0.2, 0.25) is 23.0 Å². The lowest BCUT2D eigenvalue weighted by molar-refractivity contribution is -0.155. The maximum Gasteiger partial charge on any atom is 0.446 e. The molecule has 24 heteroatoms. The molecule has 0 bridgehead atoms. The summed E-state index contributed by atoms with van der Waals surface area (Å²) >= 11 is 6.12. The fourth-order valence-electron chi connectivity index (χ4n) is 4.26. The molecule has 2 aromatic carbocycles. The maximum absolute atomic E-state index is 13.5. The quantitative estimate of drug-likeness (QED) is 0.128. The lowest BCUT2D eigenvalue weighted by Crippen LogP contribution is -2.24. The molecule has 2 N–H and O–H groups in total. The Hall–Kier alpha value is -5.26. The van der Waals surface area contributed by atoms with Crippen LogP contribution < -0.4 is 26.7 Å². The minimum Gasteiger partial charge on any atom is -0.474 e. The van der Waals surface area contributed by atoms with Gasteiger partial charge in [-0.25, -0.2) is 36.8 Å². The average Bonchev–Trinajstić information content (AvgIpc) is 3.91. The minimum atomic E-state index is -0.817. The number of hydrogen-bond acceptors (Lipinski definition) is 17. The Morgan fingerprint density at radius 3 is 1.67 bits per heavy atom. The van der Waals surface area contributed by atoms with Crippen LogP contribution in [0.15, 0.2) is 73.2 Å². The number of ether oxygens (including phenoxy) is 3. The molecular weight excluding hydrogens is 880 g/mol. The van der Waals surface area contributed by atoms with Crippen molar-refractivity contribution in [3.8, 4) is 46.2 Å². The van der Waals surface area contributed by atoms with Gasteiger partial charge in [0.25, 0.3) is 11.8 Å². The van der Waals surface area contributed by atoms with E-state index in [0.29, 0.717) is 12.1 Å². The third-order valence-electron chi connectivity index (χ3n) is 6.41. The maximum atomic E-state index is 13.5. The van der Waals surface area contributed by atoms with Crippen LogP contribution in [0.2, 0.25) is 0 Å². The van der Waals surface area contributed by atoms with Crippen LogP contribution in [-0.4, -0.2) is 71.4 Å². The lowest BCUT2D eigenvalue weighted by Gasteiger charge is -2.19. The van der Waals surface area contributed by atoms with Crippen LogP contribution in [0.5, 0.6) is 11.8 Å². The van der Waals surface area contributed by atoms with Gasteiger partial charge in [-0.15, -0.1) is 12.4 Å². The van der Waals surface area contributed by atoms with Gasteiger partial charge < -0.3 is 19.9 Å². The number of carbonyl (C=O) groups excluding carboxylic acids is 1. The molecule has 0 radical (unpaired) electrons. The first kappa shape index (κ1) is 41.5. The predicted molar refractivity (Wildman–Crippen MR) is 188 cm³/mol. The Morgan fingerprint density at radius 1 is 0.778 bits per heavy atom. The number of carbonyl (C=O) groups is 1. The van der Waals surface area contributed by atoms with Crippen molar-refractivity contribution in [3.05, 3.63) is 78.1 Å². The zero-order valence-corrected chi connectivity index (χ0v) is 32.1. The van der Waals surface area contributed by atoms with Gasteiger partial charge in [-0.1, -0.05) is 10.3 Å². The van der Waals surface area contributed by atoms with Gasteiger partial charge in [0.15, 0.2) is 0 Å². The van der Waals surface area contributed by atoms with E-state index in [9.17, 15) is 23.2 Å². The smallest absolute Gasteiger partial charge is 0.446 e. The third kappa shape index (κ3) is 10.0. The number of hydrogen-bond donors (Lipinski definition) is 1. The van der Waals surface area contributed by atoms with E-state index in [1.165, 1.54) is 36.4 Å². The molecule has 6 aromatic rings. The Morgan fingerprint density at radius 2 is 1.24 bits per heavy atom. The normalized spacial score (nSPS) is 11.0. The molecule has 0 saturated carbocycles. The Bertz CT molecular complexity index is 2320. The topological polar surface area (TPSA) is 245 Å². The van der Waals surface area contributed by atoms with Gasteiger partial charge in [-0.2, -0.15) is 0 Å². The summed E-state index contributed by atoms with van der Waals surface area (Å²) in [6.45, 7) is 5.89. The van der Waals surface area contributed by atoms with Crippen molar-refractivity contribution in [2.45, 2.75) is 39.2 Å². The van der Waals surface area contributed by atoms with Crippen LogP contribution in [-0.2, 0) is 9.53 Å². The number of esters is 1. The summed E-state index contributed by atoms with van der Waals surface area (Å²) in [5, 5.41) is 21.9. The molecule has 0 fully saturated rings. The summed E-state index contributed by atoms with van der Waals surface area (Å²) in [5.41, 5.74) is 5.46. The van der Waals surface area contributed by atoms with Crippen LogP contribution in [0.3, 0.4) is 0 Å². The SMILES string of the molecule is CC(C)(C)OC(=O)CCCOc1nonc1-c1noc(=O)n1-c1ccc(F)c(Br)c1.Cl.NCCOc1nonc1-c1noc(=O)n1-c1ccc(F)c(Br)c1. The highest BCUT2D eigenvalue weighted by molar-refractivity contribution is 9.10. The van der Waals surface area contributed by atoms with E-state index in [4.69, 9.17) is 29.1 Å². The predicted octanol–water partition coefficient (Wildman–Crippen LogP) is 4.81. The molecular formula is C30H28Br2ClF2N9O10. The molecule has 0 aliphatic heterocycles. The van der Waals surface area contributed by atoms with E-state index in [2.05, 4.69) is 72.0 Å². The highest BCUT2D eigenvalue weighted by atomic mass is 79.9. The average molecular weight is 908 g/mol. The molecule has 4 aromatic heterocycles. The summed E-state index contributed by atoms with van der Waals surface area (Å²) in [7, 11) is 0. The van der Waals surface area contributed by atoms with Crippen molar-refractivity contribution in [1.29, 1.82) is 0 Å². The molecule has 0 aliphatic carbocycles. The van der Waals surface area contributed by atoms with Crippen molar-refractivity contribution < 1.29 is 46.1 Å². The van der Waals surface area contributed by atoms with Crippen molar-refractivity contribution in [2.24, 2.45) is 5.73 Å². The Kier molecular flexibility index (Phi) is 14.0. The van der Waals surface area contributed by atoms with Crippen molar-refractivity contribution >= 4 is 50.2 Å². The number of nitrogens with two attached hydrogens (primary N) is 1. The Balaban J connectivity index is 0.000000244. The minimum absolute atomic E-state index is 0. The summed E-state index contributed by atoms with van der Waals surface area (Å²) in [5.74, 6) is -2.99. The second-order valence-corrected chi connectivity index (χ2v) is 13.1. The summed E-state index contributed by atoms with van der Waals surface area (Å²) < 4.78 is 64.1. The second kappa shape index (κ2) is 18.2. The number of rotatable bonds is 12. The third-order valence-corrected chi connectivity index (χ3v) is 7.63. The molecule has 6 rings (SSSR count). The largest absolute Gasteiger partial charge is 0.474 e. The molecule has 0 unspecified atom stereocenters. The highest BCUT2D eigenvalue weighted by Crippen LogP contribution is 2.29. The van der Waals surface area contributed by atoms with Gasteiger partial charge in [0, 0.05) is 13.0 Å². The van der Waals surface area contributed by atoms with Gasteiger partial charge in [-0.05, 0) is 116 Å². The first-order valence-electron chi connectivity index (χ1n) is 15.2. The van der Waals surface area contributed by atoms with Crippen LogP contribution in [0.25, 0.3) is 34.4 Å². The molecule has 54 heavy (non-hydrogen) atoms. The number of nitrogens with zero attached hydrogens (tertiary/aromatic N) is 8. The second-order valence-electron chi connectivity index (χ2n) is 11.4. The van der Waals surface area contributed by atoms with E-state index in [0.717, 1.165) is 9.13 Å². The summed E-state index contributed by atoms with van der Waals surface area (Å²) in [4.78, 5) is 35.8. The van der Waals surface area contributed by atoms with Crippen LogP contribution in [0, 0.1) is 11.6 Å². The molecule has 0 spiro atoms. The lowest BCUT2D eigenvalue weighted by atomic mass is 10.2. The van der Waals surface area contributed by atoms with Crippen LogP contribution in [0.1, 0.15) is 33.6 Å². The summed E-state index contributed by atoms with van der Waals surface area (Å²) in [6, 6.07) is 7.90. The monoisotopic (exact) mass is 905 g/mol. The summed E-state index contributed by atoms with van der Waals surface area (Å²) in [6.07, 6.45) is 0.508. The van der Waals surface area contributed by atoms with Crippen LogP contribution >= 0.6 is 44.3 Å². The zero-order valence-electron chi connectivity index (χ0n) is 28.2.